The number of piperazine rings is 1. The Hall–Kier alpha value is -4.10. The smallest absolute Gasteiger partial charge is 0.273 e. The second kappa shape index (κ2) is 7.51. The van der Waals surface area contributed by atoms with Crippen LogP contribution in [0.2, 0.25) is 0 Å². The maximum Gasteiger partial charge on any atom is 0.273 e. The summed E-state index contributed by atoms with van der Waals surface area (Å²) in [6.07, 6.45) is 6.75. The van der Waals surface area contributed by atoms with E-state index in [1.165, 1.54) is 4.90 Å². The molecule has 0 bridgehead atoms. The minimum absolute atomic E-state index is 0.127. The predicted molar refractivity (Wildman–Crippen MR) is 151 cm³/mol. The molecule has 4 aliphatic rings. The fourth-order valence-electron chi connectivity index (χ4n) is 6.95. The highest BCUT2D eigenvalue weighted by atomic mass is 16.3. The number of fused-ring (bicyclic) bond motifs is 9. The SMILES string of the molecule is C=CC(C)(C)N1c2ccccc2[C@]2(O)C[C@@H]3C(=O)N4/C=C\C(C)(C)c5[nH]c6ccccc6c5C=C4C(=O)N3[C@H]12. The van der Waals surface area contributed by atoms with Crippen molar-refractivity contribution in [2.75, 3.05) is 4.90 Å². The third kappa shape index (κ3) is 2.96. The summed E-state index contributed by atoms with van der Waals surface area (Å²) >= 11 is 0. The molecule has 7 rings (SSSR count). The number of carbonyl (C=O) groups excluding carboxylic acids is 2. The summed E-state index contributed by atoms with van der Waals surface area (Å²) in [5.41, 5.74) is 2.31. The lowest BCUT2D eigenvalue weighted by Crippen LogP contribution is -2.63. The van der Waals surface area contributed by atoms with E-state index < -0.39 is 28.8 Å². The van der Waals surface area contributed by atoms with Crippen LogP contribution in [0.3, 0.4) is 0 Å². The molecule has 198 valence electrons. The number of allylic oxidation sites excluding steroid dienone is 1. The van der Waals surface area contributed by atoms with Gasteiger partial charge in [0.05, 0.1) is 5.54 Å². The number of amides is 2. The molecule has 2 amide bonds. The maximum atomic E-state index is 14.5. The van der Waals surface area contributed by atoms with Crippen molar-refractivity contribution >= 4 is 34.5 Å². The lowest BCUT2D eigenvalue weighted by Gasteiger charge is -2.47. The standard InChI is InChI=1S/C32H32N4O3/c1-6-31(4,5)36-23-14-10-8-12-21(23)32(39)18-25-27(37)34-16-15-30(2,3)26-20(19-11-7-9-13-22(19)33-26)17-24(34)28(38)35(25)29(32)36/h6-17,25,29,33,39H,1,18H2,2-5H3/b16-15-,24-17?/t25-,29-,32-/m1/s1. The van der Waals surface area contributed by atoms with E-state index in [1.807, 2.05) is 80.6 Å². The first-order valence-corrected chi connectivity index (χ1v) is 13.4. The van der Waals surface area contributed by atoms with Gasteiger partial charge in [-0.1, -0.05) is 62.4 Å². The fourth-order valence-corrected chi connectivity index (χ4v) is 6.95. The van der Waals surface area contributed by atoms with Crippen molar-refractivity contribution in [3.8, 4) is 0 Å². The van der Waals surface area contributed by atoms with Crippen molar-refractivity contribution in [2.24, 2.45) is 0 Å². The first-order chi connectivity index (χ1) is 18.5. The number of aromatic amines is 1. The Morgan fingerprint density at radius 1 is 1.10 bits per heavy atom. The Morgan fingerprint density at radius 3 is 2.59 bits per heavy atom. The van der Waals surface area contributed by atoms with Crippen molar-refractivity contribution < 1.29 is 14.7 Å². The third-order valence-electron chi connectivity index (χ3n) is 9.07. The van der Waals surface area contributed by atoms with Crippen LogP contribution < -0.4 is 4.90 Å². The highest BCUT2D eigenvalue weighted by Crippen LogP contribution is 2.56. The number of anilines is 1. The van der Waals surface area contributed by atoms with E-state index in [0.29, 0.717) is 0 Å². The minimum Gasteiger partial charge on any atom is -0.381 e. The second-order valence-electron chi connectivity index (χ2n) is 12.2. The molecule has 0 unspecified atom stereocenters. The van der Waals surface area contributed by atoms with Crippen LogP contribution in [0, 0.1) is 0 Å². The van der Waals surface area contributed by atoms with Crippen molar-refractivity contribution in [3.63, 3.8) is 0 Å². The van der Waals surface area contributed by atoms with E-state index in [-0.39, 0.29) is 23.9 Å². The monoisotopic (exact) mass is 520 g/mol. The van der Waals surface area contributed by atoms with Crippen molar-refractivity contribution in [1.29, 1.82) is 0 Å². The van der Waals surface area contributed by atoms with Crippen LogP contribution in [0.15, 0.2) is 79.2 Å². The third-order valence-corrected chi connectivity index (χ3v) is 9.07. The van der Waals surface area contributed by atoms with Gasteiger partial charge >= 0.3 is 0 Å². The summed E-state index contributed by atoms with van der Waals surface area (Å²) in [6, 6.07) is 14.9. The quantitative estimate of drug-likeness (QED) is 0.478. The van der Waals surface area contributed by atoms with Crippen LogP contribution in [-0.2, 0) is 20.6 Å². The van der Waals surface area contributed by atoms with Gasteiger partial charge in [0.25, 0.3) is 11.8 Å². The highest BCUT2D eigenvalue weighted by Gasteiger charge is 2.67. The number of benzene rings is 2. The van der Waals surface area contributed by atoms with E-state index in [2.05, 4.69) is 30.3 Å². The average molecular weight is 521 g/mol. The summed E-state index contributed by atoms with van der Waals surface area (Å²) < 4.78 is 0. The molecule has 7 heteroatoms. The average Bonchev–Trinajstić information content (AvgIpc) is 3.51. The first kappa shape index (κ1) is 24.0. The topological polar surface area (TPSA) is 79.9 Å². The number of rotatable bonds is 2. The number of hydrogen-bond acceptors (Lipinski definition) is 4. The van der Waals surface area contributed by atoms with Gasteiger partial charge in [0.15, 0.2) is 0 Å². The van der Waals surface area contributed by atoms with E-state index in [9.17, 15) is 14.7 Å². The Kier molecular flexibility index (Phi) is 4.62. The number of aliphatic hydroxyl groups is 1. The number of H-pyrrole nitrogens is 1. The molecule has 2 fully saturated rings. The Bertz CT molecular complexity index is 1660. The molecule has 0 spiro atoms. The molecule has 3 aromatic rings. The van der Waals surface area contributed by atoms with Gasteiger partial charge in [-0.3, -0.25) is 14.5 Å². The van der Waals surface area contributed by atoms with Crippen LogP contribution >= 0.6 is 0 Å². The summed E-state index contributed by atoms with van der Waals surface area (Å²) in [5, 5.41) is 13.3. The summed E-state index contributed by atoms with van der Waals surface area (Å²) in [5.74, 6) is -0.494. The number of carbonyl (C=O) groups is 2. The maximum absolute atomic E-state index is 14.5. The van der Waals surface area contributed by atoms with Crippen LogP contribution in [0.1, 0.15) is 50.9 Å². The molecule has 0 radical (unpaired) electrons. The largest absolute Gasteiger partial charge is 0.381 e. The second-order valence-corrected chi connectivity index (χ2v) is 12.2. The molecular formula is C32H32N4O3. The zero-order valence-electron chi connectivity index (χ0n) is 22.6. The van der Waals surface area contributed by atoms with Crippen LogP contribution in [0.25, 0.3) is 17.0 Å². The summed E-state index contributed by atoms with van der Waals surface area (Å²) in [4.78, 5) is 37.4. The molecule has 2 N–H and O–H groups in total. The van der Waals surface area contributed by atoms with E-state index in [0.717, 1.165) is 33.4 Å². The lowest BCUT2D eigenvalue weighted by molar-refractivity contribution is -0.148. The molecular weight excluding hydrogens is 488 g/mol. The highest BCUT2D eigenvalue weighted by molar-refractivity contribution is 6.10. The van der Waals surface area contributed by atoms with Gasteiger partial charge in [0.1, 0.15) is 23.5 Å². The molecule has 2 saturated heterocycles. The van der Waals surface area contributed by atoms with Gasteiger partial charge in [-0.15, -0.1) is 6.58 Å². The van der Waals surface area contributed by atoms with Crippen molar-refractivity contribution in [2.45, 2.75) is 62.9 Å². The normalized spacial score (nSPS) is 27.7. The zero-order chi connectivity index (χ0) is 27.5. The number of para-hydroxylation sites is 2. The van der Waals surface area contributed by atoms with E-state index in [1.54, 1.807) is 11.1 Å². The van der Waals surface area contributed by atoms with Gasteiger partial charge in [0.2, 0.25) is 0 Å². The number of nitrogens with zero attached hydrogens (tertiary/aromatic N) is 3. The van der Waals surface area contributed by atoms with Gasteiger partial charge in [-0.25, -0.2) is 0 Å². The molecule has 1 aromatic heterocycles. The molecule has 4 aliphatic heterocycles. The molecule has 0 aliphatic carbocycles. The summed E-state index contributed by atoms with van der Waals surface area (Å²) in [6.45, 7) is 12.3. The number of aromatic nitrogens is 1. The van der Waals surface area contributed by atoms with Crippen LogP contribution in [0.5, 0.6) is 0 Å². The first-order valence-electron chi connectivity index (χ1n) is 13.4. The van der Waals surface area contributed by atoms with Gasteiger partial charge in [0, 0.05) is 51.4 Å². The van der Waals surface area contributed by atoms with Gasteiger partial charge in [-0.2, -0.15) is 0 Å². The van der Waals surface area contributed by atoms with E-state index >= 15 is 0 Å². The molecule has 5 heterocycles. The van der Waals surface area contributed by atoms with Crippen molar-refractivity contribution in [1.82, 2.24) is 14.8 Å². The molecule has 2 aromatic carbocycles. The Morgan fingerprint density at radius 2 is 1.82 bits per heavy atom. The number of nitrogens with one attached hydrogen (secondary N) is 1. The molecule has 39 heavy (non-hydrogen) atoms. The summed E-state index contributed by atoms with van der Waals surface area (Å²) in [7, 11) is 0. The Labute approximate surface area is 227 Å². The Balaban J connectivity index is 1.45. The molecule has 3 atom stereocenters. The van der Waals surface area contributed by atoms with Crippen LogP contribution in [0.4, 0.5) is 5.69 Å². The molecule has 7 nitrogen and oxygen atoms in total. The lowest BCUT2D eigenvalue weighted by atomic mass is 9.85. The number of hydrogen-bond donors (Lipinski definition) is 2. The zero-order valence-corrected chi connectivity index (χ0v) is 22.6. The predicted octanol–water partition coefficient (Wildman–Crippen LogP) is 4.76. The van der Waals surface area contributed by atoms with Crippen LogP contribution in [-0.4, -0.2) is 49.5 Å². The van der Waals surface area contributed by atoms with Gasteiger partial charge < -0.3 is 19.9 Å². The van der Waals surface area contributed by atoms with Gasteiger partial charge in [-0.05, 0) is 32.1 Å². The minimum atomic E-state index is -1.40. The van der Waals surface area contributed by atoms with E-state index in [4.69, 9.17) is 0 Å². The van der Waals surface area contributed by atoms with Crippen molar-refractivity contribution in [3.05, 3.63) is 96.0 Å². The fraction of sp³-hybridized carbons (Fsp3) is 0.312. The molecule has 0 saturated carbocycles.